The molecule has 0 N–H and O–H groups in total. The Bertz CT molecular complexity index is 243. The summed E-state index contributed by atoms with van der Waals surface area (Å²) in [5.74, 6) is 0. The topological polar surface area (TPSA) is 0 Å². The highest BCUT2D eigenvalue weighted by atomic mass is 32.1. The Kier molecular flexibility index (Phi) is 2.66. The average molecular weight is 164 g/mol. The highest BCUT2D eigenvalue weighted by Crippen LogP contribution is 2.24. The number of aryl methyl sites for hydroxylation is 1. The molecule has 0 spiro atoms. The summed E-state index contributed by atoms with van der Waals surface area (Å²) in [6, 6.07) is 2.18. The summed E-state index contributed by atoms with van der Waals surface area (Å²) < 4.78 is 0. The predicted molar refractivity (Wildman–Crippen MR) is 53.9 cm³/mol. The highest BCUT2D eigenvalue weighted by molar-refractivity contribution is 7.13. The molecule has 0 unspecified atom stereocenters. The summed E-state index contributed by atoms with van der Waals surface area (Å²) in [6.45, 7) is 9.65. The first-order valence-electron chi connectivity index (χ1n) is 3.69. The molecule has 1 heteroatoms. The van der Waals surface area contributed by atoms with Gasteiger partial charge in [0.25, 0.3) is 0 Å². The van der Waals surface area contributed by atoms with E-state index in [4.69, 9.17) is 0 Å². The lowest BCUT2D eigenvalue weighted by atomic mass is 10.2. The van der Waals surface area contributed by atoms with Crippen molar-refractivity contribution in [2.75, 3.05) is 0 Å². The van der Waals surface area contributed by atoms with E-state index in [1.165, 1.54) is 15.3 Å². The van der Waals surface area contributed by atoms with Crippen molar-refractivity contribution in [1.29, 1.82) is 0 Å². The van der Waals surface area contributed by atoms with Crippen LogP contribution >= 0.6 is 11.3 Å². The minimum atomic E-state index is 1.10. The monoisotopic (exact) mass is 164 g/mol. The number of hydrogen-bond acceptors (Lipinski definition) is 1. The first-order valence-corrected chi connectivity index (χ1v) is 4.51. The average Bonchev–Trinajstić information content (AvgIpc) is 2.46. The molecule has 0 aromatic carbocycles. The fraction of sp³-hybridized carbons (Fsp3) is 0.200. The van der Waals surface area contributed by atoms with Crippen molar-refractivity contribution in [3.63, 3.8) is 0 Å². The van der Waals surface area contributed by atoms with Crippen LogP contribution in [-0.2, 0) is 6.42 Å². The second-order valence-corrected chi connectivity index (χ2v) is 3.46. The number of thiophene rings is 1. The van der Waals surface area contributed by atoms with Crippen molar-refractivity contribution in [3.8, 4) is 0 Å². The molecule has 1 heterocycles. The van der Waals surface area contributed by atoms with E-state index in [1.807, 2.05) is 12.2 Å². The second kappa shape index (κ2) is 3.54. The Morgan fingerprint density at radius 3 is 2.55 bits per heavy atom. The Balaban J connectivity index is 3.11. The van der Waals surface area contributed by atoms with E-state index in [0.29, 0.717) is 0 Å². The zero-order chi connectivity index (χ0) is 8.27. The van der Waals surface area contributed by atoms with Gasteiger partial charge in [0.2, 0.25) is 0 Å². The summed E-state index contributed by atoms with van der Waals surface area (Å²) in [5.41, 5.74) is 1.21. The van der Waals surface area contributed by atoms with Gasteiger partial charge in [-0.15, -0.1) is 11.3 Å². The van der Waals surface area contributed by atoms with E-state index in [1.54, 1.807) is 11.3 Å². The third kappa shape index (κ3) is 1.60. The van der Waals surface area contributed by atoms with E-state index in [-0.39, 0.29) is 0 Å². The van der Waals surface area contributed by atoms with Crippen LogP contribution in [0.5, 0.6) is 0 Å². The lowest BCUT2D eigenvalue weighted by molar-refractivity contribution is 1.19. The molecule has 0 nitrogen and oxygen atoms in total. The molecular weight excluding hydrogens is 152 g/mol. The third-order valence-corrected chi connectivity index (χ3v) is 2.89. The van der Waals surface area contributed by atoms with Crippen molar-refractivity contribution in [1.82, 2.24) is 0 Å². The molecule has 1 rings (SSSR count). The molecule has 0 atom stereocenters. The van der Waals surface area contributed by atoms with E-state index < -0.39 is 0 Å². The van der Waals surface area contributed by atoms with Crippen LogP contribution in [0, 0.1) is 0 Å². The van der Waals surface area contributed by atoms with Crippen molar-refractivity contribution in [2.45, 2.75) is 13.3 Å². The SMILES string of the molecule is C=Cc1cc(CC)sc1C=C. The normalized spacial score (nSPS) is 9.55. The van der Waals surface area contributed by atoms with Gasteiger partial charge in [-0.1, -0.05) is 32.2 Å². The lowest BCUT2D eigenvalue weighted by Gasteiger charge is -1.85. The third-order valence-electron chi connectivity index (χ3n) is 1.60. The Hall–Kier alpha value is -0.820. The molecule has 0 saturated carbocycles. The highest BCUT2D eigenvalue weighted by Gasteiger charge is 2.00. The smallest absolute Gasteiger partial charge is 0.0339 e. The fourth-order valence-corrected chi connectivity index (χ4v) is 1.92. The van der Waals surface area contributed by atoms with Crippen molar-refractivity contribution in [2.24, 2.45) is 0 Å². The van der Waals surface area contributed by atoms with Gasteiger partial charge in [0.15, 0.2) is 0 Å². The van der Waals surface area contributed by atoms with Crippen molar-refractivity contribution >= 4 is 23.5 Å². The molecule has 0 saturated heterocycles. The first-order chi connectivity index (χ1) is 5.31. The molecule has 0 fully saturated rings. The van der Waals surface area contributed by atoms with Gasteiger partial charge in [-0.3, -0.25) is 0 Å². The molecule has 1 aromatic heterocycles. The van der Waals surface area contributed by atoms with Crippen LogP contribution in [0.2, 0.25) is 0 Å². The van der Waals surface area contributed by atoms with Crippen LogP contribution in [0.15, 0.2) is 19.2 Å². The maximum Gasteiger partial charge on any atom is 0.0339 e. The minimum absolute atomic E-state index is 1.10. The molecule has 11 heavy (non-hydrogen) atoms. The van der Waals surface area contributed by atoms with Gasteiger partial charge in [-0.2, -0.15) is 0 Å². The summed E-state index contributed by atoms with van der Waals surface area (Å²) in [6.07, 6.45) is 4.87. The van der Waals surface area contributed by atoms with Crippen molar-refractivity contribution in [3.05, 3.63) is 34.5 Å². The van der Waals surface area contributed by atoms with Crippen LogP contribution in [0.4, 0.5) is 0 Å². The molecule has 0 aliphatic carbocycles. The largest absolute Gasteiger partial charge is 0.140 e. The Morgan fingerprint density at radius 2 is 2.18 bits per heavy atom. The minimum Gasteiger partial charge on any atom is -0.140 e. The summed E-state index contributed by atoms with van der Waals surface area (Å²) >= 11 is 1.79. The quantitative estimate of drug-likeness (QED) is 0.640. The first kappa shape index (κ1) is 8.28. The zero-order valence-electron chi connectivity index (χ0n) is 6.76. The predicted octanol–water partition coefficient (Wildman–Crippen LogP) is 3.60. The van der Waals surface area contributed by atoms with Gasteiger partial charge >= 0.3 is 0 Å². The molecule has 0 aliphatic heterocycles. The Labute approximate surface area is 71.9 Å². The number of hydrogen-bond donors (Lipinski definition) is 0. The molecule has 58 valence electrons. The van der Waals surface area contributed by atoms with Gasteiger partial charge in [0.1, 0.15) is 0 Å². The standard InChI is InChI=1S/C10H12S/c1-4-8-7-9(5-2)11-10(8)6-3/h4,6-7H,1,3,5H2,2H3. The second-order valence-electron chi connectivity index (χ2n) is 2.29. The van der Waals surface area contributed by atoms with Gasteiger partial charge in [0.05, 0.1) is 0 Å². The van der Waals surface area contributed by atoms with E-state index in [0.717, 1.165) is 6.42 Å². The molecule has 0 radical (unpaired) electrons. The molecule has 0 amide bonds. The van der Waals surface area contributed by atoms with Crippen LogP contribution in [0.3, 0.4) is 0 Å². The van der Waals surface area contributed by atoms with Gasteiger partial charge in [-0.05, 0) is 18.1 Å². The van der Waals surface area contributed by atoms with Crippen LogP contribution in [-0.4, -0.2) is 0 Å². The van der Waals surface area contributed by atoms with Gasteiger partial charge in [-0.25, -0.2) is 0 Å². The molecule has 0 aliphatic rings. The maximum atomic E-state index is 3.75. The van der Waals surface area contributed by atoms with Gasteiger partial charge in [0, 0.05) is 9.75 Å². The fourth-order valence-electron chi connectivity index (χ4n) is 0.967. The van der Waals surface area contributed by atoms with E-state index >= 15 is 0 Å². The zero-order valence-corrected chi connectivity index (χ0v) is 7.58. The van der Waals surface area contributed by atoms with Crippen LogP contribution in [0.25, 0.3) is 12.2 Å². The van der Waals surface area contributed by atoms with Crippen molar-refractivity contribution < 1.29 is 0 Å². The molecule has 0 bridgehead atoms. The van der Waals surface area contributed by atoms with E-state index in [2.05, 4.69) is 26.1 Å². The van der Waals surface area contributed by atoms with Crippen LogP contribution in [0.1, 0.15) is 22.2 Å². The Morgan fingerprint density at radius 1 is 1.45 bits per heavy atom. The molecular formula is C10H12S. The van der Waals surface area contributed by atoms with Gasteiger partial charge < -0.3 is 0 Å². The number of rotatable bonds is 3. The summed E-state index contributed by atoms with van der Waals surface area (Å²) in [4.78, 5) is 2.63. The molecule has 1 aromatic rings. The lowest BCUT2D eigenvalue weighted by Crippen LogP contribution is -1.66. The maximum absolute atomic E-state index is 3.75. The van der Waals surface area contributed by atoms with E-state index in [9.17, 15) is 0 Å². The van der Waals surface area contributed by atoms with Crippen LogP contribution < -0.4 is 0 Å². The summed E-state index contributed by atoms with van der Waals surface area (Å²) in [7, 11) is 0. The summed E-state index contributed by atoms with van der Waals surface area (Å²) in [5, 5.41) is 0.